The first-order chi connectivity index (χ1) is 9.63. The lowest BCUT2D eigenvalue weighted by Gasteiger charge is -2.10. The minimum Gasteiger partial charge on any atom is -0.361 e. The van der Waals surface area contributed by atoms with Gasteiger partial charge in [0.2, 0.25) is 0 Å². The van der Waals surface area contributed by atoms with E-state index in [4.69, 9.17) is 23.8 Å². The summed E-state index contributed by atoms with van der Waals surface area (Å²) in [5.74, 6) is -0.295. The Bertz CT molecular complexity index is 642. The van der Waals surface area contributed by atoms with Gasteiger partial charge in [-0.25, -0.2) is 0 Å². The van der Waals surface area contributed by atoms with Crippen LogP contribution in [-0.4, -0.2) is 17.6 Å². The number of carbonyl (C=O) groups is 1. The van der Waals surface area contributed by atoms with Gasteiger partial charge in [-0.2, -0.15) is 0 Å². The van der Waals surface area contributed by atoms with Crippen LogP contribution in [0.3, 0.4) is 0 Å². The zero-order valence-corrected chi connectivity index (χ0v) is 13.2. The van der Waals surface area contributed by atoms with Gasteiger partial charge in [-0.1, -0.05) is 36.7 Å². The summed E-state index contributed by atoms with van der Waals surface area (Å²) in [7, 11) is 0. The maximum atomic E-state index is 12.1. The molecule has 3 N–H and O–H groups in total. The molecule has 0 spiro atoms. The molecular weight excluding hydrogens is 314 g/mol. The van der Waals surface area contributed by atoms with Crippen molar-refractivity contribution in [3.8, 4) is 0 Å². The van der Waals surface area contributed by atoms with E-state index in [1.165, 1.54) is 11.3 Å². The monoisotopic (exact) mass is 327 g/mol. The van der Waals surface area contributed by atoms with E-state index in [1.54, 1.807) is 0 Å². The number of amides is 1. The number of hydrogen-bond acceptors (Lipinski definition) is 3. The molecule has 1 aromatic heterocycles. The van der Waals surface area contributed by atoms with E-state index in [9.17, 15) is 4.79 Å². The maximum Gasteiger partial charge on any atom is 0.281 e. The van der Waals surface area contributed by atoms with Gasteiger partial charge in [0.1, 0.15) is 4.88 Å². The standard InChI is InChI=1S/C13H14ClN3OS2/c1-2-7-15-13(19)17-16-12(18)11-10(14)8-5-3-4-6-9(8)20-11/h3-6H,2,7H2,1H3,(H,16,18)(H2,15,17,19). The Morgan fingerprint density at radius 1 is 1.35 bits per heavy atom. The quantitative estimate of drug-likeness (QED) is 0.599. The summed E-state index contributed by atoms with van der Waals surface area (Å²) in [6, 6.07) is 7.64. The zero-order valence-electron chi connectivity index (χ0n) is 10.8. The Kier molecular flexibility index (Phi) is 5.17. The average molecular weight is 328 g/mol. The smallest absolute Gasteiger partial charge is 0.281 e. The van der Waals surface area contributed by atoms with Crippen LogP contribution in [0, 0.1) is 0 Å². The van der Waals surface area contributed by atoms with Gasteiger partial charge in [0, 0.05) is 16.6 Å². The second-order valence-corrected chi connectivity index (χ2v) is 5.91. The second-order valence-electron chi connectivity index (χ2n) is 4.08. The van der Waals surface area contributed by atoms with Gasteiger partial charge in [-0.3, -0.25) is 15.6 Å². The highest BCUT2D eigenvalue weighted by Gasteiger charge is 2.16. The molecule has 106 valence electrons. The van der Waals surface area contributed by atoms with Crippen molar-refractivity contribution in [2.24, 2.45) is 0 Å². The number of benzene rings is 1. The number of thiophene rings is 1. The van der Waals surface area contributed by atoms with Gasteiger partial charge in [0.25, 0.3) is 5.91 Å². The molecule has 20 heavy (non-hydrogen) atoms. The molecule has 2 aromatic rings. The highest BCUT2D eigenvalue weighted by Crippen LogP contribution is 2.34. The summed E-state index contributed by atoms with van der Waals surface area (Å²) >= 11 is 12.6. The van der Waals surface area contributed by atoms with Crippen molar-refractivity contribution in [1.29, 1.82) is 0 Å². The van der Waals surface area contributed by atoms with Crippen LogP contribution in [0.15, 0.2) is 24.3 Å². The van der Waals surface area contributed by atoms with Crippen LogP contribution in [-0.2, 0) is 0 Å². The minimum atomic E-state index is -0.295. The zero-order chi connectivity index (χ0) is 14.5. The molecule has 2 rings (SSSR count). The lowest BCUT2D eigenvalue weighted by molar-refractivity contribution is 0.0948. The molecule has 0 saturated heterocycles. The topological polar surface area (TPSA) is 53.2 Å². The van der Waals surface area contributed by atoms with Crippen molar-refractivity contribution in [2.45, 2.75) is 13.3 Å². The number of carbonyl (C=O) groups excluding carboxylic acids is 1. The van der Waals surface area contributed by atoms with Gasteiger partial charge < -0.3 is 5.32 Å². The Labute approximate surface area is 131 Å². The number of rotatable bonds is 3. The first-order valence-corrected chi connectivity index (χ1v) is 7.75. The Morgan fingerprint density at radius 3 is 2.80 bits per heavy atom. The highest BCUT2D eigenvalue weighted by atomic mass is 35.5. The molecule has 0 aliphatic heterocycles. The molecule has 4 nitrogen and oxygen atoms in total. The lowest BCUT2D eigenvalue weighted by atomic mass is 10.2. The number of hydrogen-bond donors (Lipinski definition) is 3. The van der Waals surface area contributed by atoms with Gasteiger partial charge in [-0.05, 0) is 24.7 Å². The lowest BCUT2D eigenvalue weighted by Crippen LogP contribution is -2.46. The number of nitrogens with one attached hydrogen (secondary N) is 3. The summed E-state index contributed by atoms with van der Waals surface area (Å²) in [4.78, 5) is 12.5. The number of hydrazine groups is 1. The third-order valence-corrected chi connectivity index (χ3v) is 4.49. The molecule has 0 aliphatic carbocycles. The van der Waals surface area contributed by atoms with E-state index in [1.807, 2.05) is 31.2 Å². The summed E-state index contributed by atoms with van der Waals surface area (Å²) in [5, 5.41) is 4.70. The van der Waals surface area contributed by atoms with Gasteiger partial charge in [-0.15, -0.1) is 11.3 Å². The molecule has 0 unspecified atom stereocenters. The highest BCUT2D eigenvalue weighted by molar-refractivity contribution is 7.80. The van der Waals surface area contributed by atoms with Gasteiger partial charge >= 0.3 is 0 Å². The van der Waals surface area contributed by atoms with E-state index in [0.29, 0.717) is 15.0 Å². The van der Waals surface area contributed by atoms with Crippen LogP contribution in [0.4, 0.5) is 0 Å². The molecule has 7 heteroatoms. The molecule has 1 heterocycles. The Morgan fingerprint density at radius 2 is 2.10 bits per heavy atom. The predicted molar refractivity (Wildman–Crippen MR) is 88.3 cm³/mol. The third-order valence-electron chi connectivity index (χ3n) is 2.57. The van der Waals surface area contributed by atoms with Crippen LogP contribution in [0.25, 0.3) is 10.1 Å². The molecule has 0 bridgehead atoms. The summed E-state index contributed by atoms with van der Waals surface area (Å²) in [6.07, 6.45) is 0.956. The Balaban J connectivity index is 2.04. The molecule has 1 aromatic carbocycles. The van der Waals surface area contributed by atoms with E-state index in [2.05, 4.69) is 16.2 Å². The number of fused-ring (bicyclic) bond motifs is 1. The predicted octanol–water partition coefficient (Wildman–Crippen LogP) is 3.07. The van der Waals surface area contributed by atoms with E-state index in [-0.39, 0.29) is 5.91 Å². The van der Waals surface area contributed by atoms with Crippen molar-refractivity contribution in [2.75, 3.05) is 6.54 Å². The summed E-state index contributed by atoms with van der Waals surface area (Å²) in [6.45, 7) is 2.79. The van der Waals surface area contributed by atoms with Crippen LogP contribution in [0.5, 0.6) is 0 Å². The largest absolute Gasteiger partial charge is 0.361 e. The van der Waals surface area contributed by atoms with Crippen molar-refractivity contribution >= 4 is 56.3 Å². The van der Waals surface area contributed by atoms with Crippen molar-refractivity contribution < 1.29 is 4.79 Å². The summed E-state index contributed by atoms with van der Waals surface area (Å²) in [5.41, 5.74) is 5.20. The molecule has 0 aliphatic rings. The second kappa shape index (κ2) is 6.88. The molecule has 0 radical (unpaired) electrons. The SMILES string of the molecule is CCCNC(=S)NNC(=O)c1sc2ccccc2c1Cl. The molecule has 0 fully saturated rings. The van der Waals surface area contributed by atoms with E-state index in [0.717, 1.165) is 23.1 Å². The van der Waals surface area contributed by atoms with E-state index >= 15 is 0 Å². The first-order valence-electron chi connectivity index (χ1n) is 6.14. The normalized spacial score (nSPS) is 10.3. The average Bonchev–Trinajstić information content (AvgIpc) is 2.80. The maximum absolute atomic E-state index is 12.1. The van der Waals surface area contributed by atoms with Crippen LogP contribution >= 0.6 is 35.2 Å². The van der Waals surface area contributed by atoms with Crippen molar-refractivity contribution in [1.82, 2.24) is 16.2 Å². The van der Waals surface area contributed by atoms with Gasteiger partial charge in [0.15, 0.2) is 5.11 Å². The third kappa shape index (κ3) is 3.39. The minimum absolute atomic E-state index is 0.295. The van der Waals surface area contributed by atoms with Crippen molar-refractivity contribution in [3.05, 3.63) is 34.2 Å². The van der Waals surface area contributed by atoms with E-state index < -0.39 is 0 Å². The van der Waals surface area contributed by atoms with Gasteiger partial charge in [0.05, 0.1) is 5.02 Å². The van der Waals surface area contributed by atoms with Crippen LogP contribution in [0.2, 0.25) is 5.02 Å². The van der Waals surface area contributed by atoms with Crippen LogP contribution < -0.4 is 16.2 Å². The Hall–Kier alpha value is -1.37. The summed E-state index contributed by atoms with van der Waals surface area (Å²) < 4.78 is 0.981. The fourth-order valence-corrected chi connectivity index (χ4v) is 3.18. The van der Waals surface area contributed by atoms with Crippen LogP contribution in [0.1, 0.15) is 23.0 Å². The first kappa shape index (κ1) is 15.0. The molecule has 1 amide bonds. The molecule has 0 atom stereocenters. The number of thiocarbonyl (C=S) groups is 1. The molecule has 0 saturated carbocycles. The number of halogens is 1. The molecular formula is C13H14ClN3OS2. The fraction of sp³-hybridized carbons (Fsp3) is 0.231. The van der Waals surface area contributed by atoms with Crippen molar-refractivity contribution in [3.63, 3.8) is 0 Å². The fourth-order valence-electron chi connectivity index (χ4n) is 1.61.